The van der Waals surface area contributed by atoms with Crippen molar-refractivity contribution in [3.8, 4) is 11.8 Å². The van der Waals surface area contributed by atoms with Crippen LogP contribution in [0.5, 0.6) is 11.8 Å². The maximum absolute atomic E-state index is 12.6. The topological polar surface area (TPSA) is 174 Å². The third-order valence-electron chi connectivity index (χ3n) is 5.76. The molecule has 0 aliphatic carbocycles. The number of anilines is 1. The minimum atomic E-state index is -0.250. The van der Waals surface area contributed by atoms with Crippen molar-refractivity contribution in [2.75, 3.05) is 38.5 Å². The molecule has 4 N–H and O–H groups in total. The second kappa shape index (κ2) is 14.5. The first-order chi connectivity index (χ1) is 16.5. The second-order valence-electron chi connectivity index (χ2n) is 7.87. The molecule has 0 spiro atoms. The molecule has 2 aliphatic heterocycles. The van der Waals surface area contributed by atoms with Crippen LogP contribution in [-0.4, -0.2) is 98.8 Å². The van der Waals surface area contributed by atoms with E-state index in [9.17, 15) is 4.79 Å². The first-order valence-electron chi connectivity index (χ1n) is 10.9. The number of carbonyl (C=O) groups excluding carboxylic acids is 1. The number of piperidine rings is 2. The van der Waals surface area contributed by atoms with Gasteiger partial charge in [-0.3, -0.25) is 14.4 Å². The zero-order valence-corrected chi connectivity index (χ0v) is 19.0. The van der Waals surface area contributed by atoms with Crippen LogP contribution in [0.4, 0.5) is 5.69 Å². The third-order valence-corrected chi connectivity index (χ3v) is 5.76. The van der Waals surface area contributed by atoms with Gasteiger partial charge in [-0.05, 0) is 88.4 Å². The first kappa shape index (κ1) is 26.7. The number of ether oxygens (including phenoxy) is 1. The van der Waals surface area contributed by atoms with Crippen molar-refractivity contribution in [1.29, 1.82) is 0 Å². The molecule has 1 amide bonds. The van der Waals surface area contributed by atoms with E-state index >= 15 is 0 Å². The second-order valence-corrected chi connectivity index (χ2v) is 7.87. The van der Waals surface area contributed by atoms with Crippen LogP contribution in [0.25, 0.3) is 0 Å². The van der Waals surface area contributed by atoms with Crippen LogP contribution >= 0.6 is 0 Å². The molecule has 0 unspecified atom stereocenters. The smallest absolute Gasteiger partial charge is 0.361 e. The molecule has 2 aliphatic rings. The highest BCUT2D eigenvalue weighted by atomic mass is 16.5. The van der Waals surface area contributed by atoms with Gasteiger partial charge in [0.05, 0.1) is 0 Å². The van der Waals surface area contributed by atoms with Gasteiger partial charge in [0.2, 0.25) is 5.91 Å². The van der Waals surface area contributed by atoms with Crippen molar-refractivity contribution in [3.05, 3.63) is 24.3 Å². The monoisotopic (exact) mass is 477 g/mol. The summed E-state index contributed by atoms with van der Waals surface area (Å²) >= 11 is 0. The van der Waals surface area contributed by atoms with Crippen LogP contribution < -0.4 is 10.1 Å². The summed E-state index contributed by atoms with van der Waals surface area (Å²) in [6, 6.07) is 8.03. The summed E-state index contributed by atoms with van der Waals surface area (Å²) in [6.45, 7) is 3.89. The Morgan fingerprint density at radius 2 is 1.65 bits per heavy atom. The number of hydrogen-bond donors (Lipinski definition) is 4. The Bertz CT molecular complexity index is 843. The molecule has 2 saturated heterocycles. The van der Waals surface area contributed by atoms with Gasteiger partial charge in [0.1, 0.15) is 5.75 Å². The Hall–Kier alpha value is -3.58. The molecule has 4 rings (SSSR count). The van der Waals surface area contributed by atoms with Crippen LogP contribution in [0.1, 0.15) is 25.7 Å². The number of rotatable bonds is 5. The zero-order chi connectivity index (χ0) is 24.8. The molecule has 0 bridgehead atoms. The summed E-state index contributed by atoms with van der Waals surface area (Å²) < 4.78 is 5.43. The highest BCUT2D eigenvalue weighted by Gasteiger charge is 2.30. The highest BCUT2D eigenvalue weighted by Crippen LogP contribution is 2.25. The first-order valence-corrected chi connectivity index (χ1v) is 10.9. The molecule has 186 valence electrons. The average Bonchev–Trinajstić information content (AvgIpc) is 3.35. The number of tetrazole rings is 1. The number of likely N-dealkylation sites (tertiary alicyclic amines) is 2. The number of hydrogen-bond acceptors (Lipinski definition) is 9. The average molecular weight is 478 g/mol. The molecule has 2 fully saturated rings. The highest BCUT2D eigenvalue weighted by molar-refractivity contribution is 5.92. The molecular formula is C21H31N7O6. The lowest BCUT2D eigenvalue weighted by Crippen LogP contribution is -2.48. The van der Waals surface area contributed by atoms with Crippen molar-refractivity contribution >= 4 is 24.5 Å². The summed E-state index contributed by atoms with van der Waals surface area (Å²) in [7, 11) is 2.19. The Morgan fingerprint density at radius 3 is 2.18 bits per heavy atom. The van der Waals surface area contributed by atoms with Crippen molar-refractivity contribution < 1.29 is 29.3 Å². The van der Waals surface area contributed by atoms with Gasteiger partial charge in [0.25, 0.3) is 12.9 Å². The van der Waals surface area contributed by atoms with Gasteiger partial charge in [-0.1, -0.05) is 10.2 Å². The van der Waals surface area contributed by atoms with E-state index in [1.165, 1.54) is 25.9 Å². The Balaban J connectivity index is 0.000000618. The van der Waals surface area contributed by atoms with E-state index in [-0.39, 0.29) is 30.8 Å². The number of H-pyrrole nitrogens is 1. The lowest BCUT2D eigenvalue weighted by Gasteiger charge is -2.40. The molecule has 0 radical (unpaired) electrons. The van der Waals surface area contributed by atoms with Gasteiger partial charge in [-0.25, -0.2) is 0 Å². The summed E-state index contributed by atoms with van der Waals surface area (Å²) in [6.07, 6.45) is 4.34. The molecule has 13 heteroatoms. The molecule has 1 aromatic heterocycles. The van der Waals surface area contributed by atoms with Crippen molar-refractivity contribution in [1.82, 2.24) is 30.4 Å². The van der Waals surface area contributed by atoms with Crippen LogP contribution in [0.15, 0.2) is 24.3 Å². The van der Waals surface area contributed by atoms with Crippen LogP contribution in [0, 0.1) is 5.92 Å². The van der Waals surface area contributed by atoms with E-state index in [0.717, 1.165) is 31.6 Å². The molecular weight excluding hydrogens is 446 g/mol. The molecule has 13 nitrogen and oxygen atoms in total. The van der Waals surface area contributed by atoms with Gasteiger partial charge in [-0.15, -0.1) is 0 Å². The normalized spacial score (nSPS) is 17.3. The largest absolute Gasteiger partial charge is 0.483 e. The van der Waals surface area contributed by atoms with E-state index in [0.29, 0.717) is 11.8 Å². The minimum absolute atomic E-state index is 0.0813. The number of carboxylic acid groups (broad SMARTS) is 2. The van der Waals surface area contributed by atoms with Crippen molar-refractivity contribution in [2.24, 2.45) is 5.92 Å². The van der Waals surface area contributed by atoms with Gasteiger partial charge in [0, 0.05) is 17.6 Å². The third kappa shape index (κ3) is 8.75. The van der Waals surface area contributed by atoms with Gasteiger partial charge in [-0.2, -0.15) is 5.21 Å². The molecule has 1 aromatic carbocycles. The Morgan fingerprint density at radius 1 is 1.06 bits per heavy atom. The van der Waals surface area contributed by atoms with E-state index in [4.69, 9.17) is 24.5 Å². The molecule has 2 aromatic rings. The van der Waals surface area contributed by atoms with Crippen LogP contribution in [-0.2, 0) is 14.4 Å². The summed E-state index contributed by atoms with van der Waals surface area (Å²) in [5, 5.41) is 30.1. The number of nitrogens with one attached hydrogen (secondary N) is 2. The predicted molar refractivity (Wildman–Crippen MR) is 122 cm³/mol. The number of aromatic nitrogens is 4. The lowest BCUT2D eigenvalue weighted by molar-refractivity contribution is -0.123. The fourth-order valence-electron chi connectivity index (χ4n) is 4.04. The van der Waals surface area contributed by atoms with E-state index < -0.39 is 0 Å². The Labute approximate surface area is 197 Å². The van der Waals surface area contributed by atoms with Crippen LogP contribution in [0.3, 0.4) is 0 Å². The summed E-state index contributed by atoms with van der Waals surface area (Å²) in [5.74, 6) is 0.776. The van der Waals surface area contributed by atoms with Crippen molar-refractivity contribution in [3.63, 3.8) is 0 Å². The predicted octanol–water partition coefficient (Wildman–Crippen LogP) is 1.14. The van der Waals surface area contributed by atoms with Gasteiger partial charge in [0.15, 0.2) is 0 Å². The number of amides is 1. The fourth-order valence-corrected chi connectivity index (χ4v) is 4.04. The van der Waals surface area contributed by atoms with E-state index in [1.807, 2.05) is 12.1 Å². The Kier molecular flexibility index (Phi) is 11.4. The van der Waals surface area contributed by atoms with Crippen molar-refractivity contribution in [2.45, 2.75) is 31.7 Å². The van der Waals surface area contributed by atoms with Gasteiger partial charge < -0.3 is 30.1 Å². The molecule has 34 heavy (non-hydrogen) atoms. The van der Waals surface area contributed by atoms with Crippen LogP contribution in [0.2, 0.25) is 0 Å². The van der Waals surface area contributed by atoms with E-state index in [2.05, 4.69) is 42.8 Å². The SMILES string of the molecule is CN1CCC(N2CCC(C(=O)Nc3ccc(Oc4nn[nH]n4)cc3)CC2)CC1.O=CO.O=CO. The maximum atomic E-state index is 12.6. The number of benzene rings is 1. The maximum Gasteiger partial charge on any atom is 0.361 e. The molecule has 0 saturated carbocycles. The van der Waals surface area contributed by atoms with Gasteiger partial charge >= 0.3 is 6.01 Å². The molecule has 3 heterocycles. The number of nitrogens with zero attached hydrogens (tertiary/aromatic N) is 5. The quantitative estimate of drug-likeness (QED) is 0.455. The number of carbonyl (C=O) groups is 3. The minimum Gasteiger partial charge on any atom is -0.483 e. The zero-order valence-electron chi connectivity index (χ0n) is 19.0. The summed E-state index contributed by atoms with van der Waals surface area (Å²) in [5.41, 5.74) is 0.767. The fraction of sp³-hybridized carbons (Fsp3) is 0.524. The van der Waals surface area contributed by atoms with E-state index in [1.54, 1.807) is 12.1 Å². The lowest BCUT2D eigenvalue weighted by atomic mass is 9.93. The number of aromatic amines is 1. The molecule has 0 atom stereocenters. The summed E-state index contributed by atoms with van der Waals surface area (Å²) in [4.78, 5) is 34.3. The standard InChI is InChI=1S/C19H27N7O2.2CH2O2/c1-25-10-8-16(9-11-25)26-12-6-14(7-13-26)18(27)20-15-2-4-17(5-3-15)28-19-21-23-24-22-19;2*2-1-3/h2-5,14,16H,6-13H2,1H3,(H,20,27)(H,21,22,23,24);2*1H,(H,2,3).